The van der Waals surface area contributed by atoms with Gasteiger partial charge in [0.2, 0.25) is 0 Å². The average Bonchev–Trinajstić information content (AvgIpc) is 2.92. The van der Waals surface area contributed by atoms with E-state index in [0.717, 1.165) is 5.56 Å². The molecule has 0 aliphatic rings. The van der Waals surface area contributed by atoms with Crippen LogP contribution in [0.4, 0.5) is 5.69 Å². The van der Waals surface area contributed by atoms with Gasteiger partial charge < -0.3 is 16.3 Å². The summed E-state index contributed by atoms with van der Waals surface area (Å²) in [5.41, 5.74) is 7.51. The number of carbonyl (C=O) groups is 1. The van der Waals surface area contributed by atoms with E-state index >= 15 is 0 Å². The molecule has 0 spiro atoms. The predicted octanol–water partition coefficient (Wildman–Crippen LogP) is 2.40. The Kier molecular flexibility index (Phi) is 3.82. The fourth-order valence-electron chi connectivity index (χ4n) is 1.75. The van der Waals surface area contributed by atoms with E-state index in [0.29, 0.717) is 16.1 Å². The summed E-state index contributed by atoms with van der Waals surface area (Å²) in [5.74, 6) is -0.243. The lowest BCUT2D eigenvalue weighted by Crippen LogP contribution is -2.20. The number of hydrogen-bond acceptors (Lipinski definition) is 4. The van der Waals surface area contributed by atoms with Crippen molar-refractivity contribution < 1.29 is 10.0 Å². The molecule has 4 N–H and O–H groups in total. The minimum absolute atomic E-state index is 0.0282. The molecule has 1 amide bonds. The Labute approximate surface area is 114 Å². The van der Waals surface area contributed by atoms with Crippen LogP contribution in [0, 0.1) is 6.92 Å². The number of nitrogens with one attached hydrogen (secondary N) is 1. The Bertz CT molecular complexity index is 621. The Balaban J connectivity index is 2.36. The van der Waals surface area contributed by atoms with Crippen molar-refractivity contribution in [3.63, 3.8) is 0 Å². The summed E-state index contributed by atoms with van der Waals surface area (Å²) >= 11 is 1.35. The van der Waals surface area contributed by atoms with Crippen LogP contribution >= 0.6 is 11.3 Å². The number of anilines is 1. The molecular weight excluding hydrogens is 262 g/mol. The number of thiophene rings is 1. The van der Waals surface area contributed by atoms with Crippen molar-refractivity contribution in [2.24, 2.45) is 10.9 Å². The highest BCUT2D eigenvalue weighted by molar-refractivity contribution is 7.12. The van der Waals surface area contributed by atoms with Crippen molar-refractivity contribution in [2.75, 3.05) is 5.32 Å². The van der Waals surface area contributed by atoms with Gasteiger partial charge >= 0.3 is 0 Å². The number of hydrogen-bond donors (Lipinski definition) is 3. The van der Waals surface area contributed by atoms with E-state index < -0.39 is 0 Å². The Morgan fingerprint density at radius 3 is 2.79 bits per heavy atom. The van der Waals surface area contributed by atoms with Crippen molar-refractivity contribution in [3.05, 3.63) is 51.7 Å². The first-order valence-corrected chi connectivity index (χ1v) is 6.44. The van der Waals surface area contributed by atoms with Gasteiger partial charge in [0.1, 0.15) is 0 Å². The van der Waals surface area contributed by atoms with Crippen LogP contribution in [0.3, 0.4) is 0 Å². The number of benzene rings is 1. The first-order valence-electron chi connectivity index (χ1n) is 5.56. The van der Waals surface area contributed by atoms with Crippen LogP contribution in [0.5, 0.6) is 0 Å². The van der Waals surface area contributed by atoms with Crippen LogP contribution in [0.1, 0.15) is 20.8 Å². The molecule has 1 heterocycles. The molecule has 0 bridgehead atoms. The van der Waals surface area contributed by atoms with E-state index in [1.165, 1.54) is 11.3 Å². The predicted molar refractivity (Wildman–Crippen MR) is 76.0 cm³/mol. The SMILES string of the molecule is Cc1cccc(NC(=O)c2cccs2)c1/C(N)=N/O. The van der Waals surface area contributed by atoms with Crippen molar-refractivity contribution in [3.8, 4) is 0 Å². The number of nitrogens with zero attached hydrogens (tertiary/aromatic N) is 1. The normalized spacial score (nSPS) is 11.3. The number of rotatable bonds is 3. The van der Waals surface area contributed by atoms with Crippen LogP contribution in [0.25, 0.3) is 0 Å². The third-order valence-corrected chi connectivity index (χ3v) is 3.50. The summed E-state index contributed by atoms with van der Waals surface area (Å²) in [6.45, 7) is 1.83. The molecule has 0 aliphatic heterocycles. The summed E-state index contributed by atoms with van der Waals surface area (Å²) in [4.78, 5) is 12.6. The molecule has 2 rings (SSSR count). The number of amidine groups is 1. The summed E-state index contributed by atoms with van der Waals surface area (Å²) < 4.78 is 0. The molecule has 0 saturated carbocycles. The molecule has 0 fully saturated rings. The lowest BCUT2D eigenvalue weighted by atomic mass is 10.1. The second kappa shape index (κ2) is 5.53. The lowest BCUT2D eigenvalue weighted by Gasteiger charge is -2.11. The average molecular weight is 275 g/mol. The van der Waals surface area contributed by atoms with E-state index in [1.807, 2.05) is 18.4 Å². The maximum absolute atomic E-state index is 12.0. The minimum atomic E-state index is -0.215. The van der Waals surface area contributed by atoms with Crippen molar-refractivity contribution >= 4 is 28.8 Å². The van der Waals surface area contributed by atoms with Gasteiger partial charge in [0, 0.05) is 5.56 Å². The molecule has 0 atom stereocenters. The highest BCUT2D eigenvalue weighted by Crippen LogP contribution is 2.21. The van der Waals surface area contributed by atoms with Crippen LogP contribution < -0.4 is 11.1 Å². The summed E-state index contributed by atoms with van der Waals surface area (Å²) in [7, 11) is 0. The third kappa shape index (κ3) is 2.74. The Morgan fingerprint density at radius 2 is 2.16 bits per heavy atom. The van der Waals surface area contributed by atoms with Gasteiger partial charge in [-0.05, 0) is 30.0 Å². The van der Waals surface area contributed by atoms with E-state index in [2.05, 4.69) is 10.5 Å². The summed E-state index contributed by atoms with van der Waals surface area (Å²) in [6.07, 6.45) is 0. The Morgan fingerprint density at radius 1 is 1.37 bits per heavy atom. The molecule has 98 valence electrons. The number of amides is 1. The highest BCUT2D eigenvalue weighted by Gasteiger charge is 2.14. The van der Waals surface area contributed by atoms with Crippen molar-refractivity contribution in [2.45, 2.75) is 6.92 Å². The molecule has 19 heavy (non-hydrogen) atoms. The zero-order valence-electron chi connectivity index (χ0n) is 10.3. The molecular formula is C13H13N3O2S. The molecule has 6 heteroatoms. The first-order chi connectivity index (χ1) is 9.13. The van der Waals surface area contributed by atoms with Crippen LogP contribution in [0.2, 0.25) is 0 Å². The maximum Gasteiger partial charge on any atom is 0.265 e. The second-order valence-electron chi connectivity index (χ2n) is 3.91. The Hall–Kier alpha value is -2.34. The van der Waals surface area contributed by atoms with Gasteiger partial charge in [0.25, 0.3) is 5.91 Å². The summed E-state index contributed by atoms with van der Waals surface area (Å²) in [6, 6.07) is 8.88. The highest BCUT2D eigenvalue weighted by atomic mass is 32.1. The van der Waals surface area contributed by atoms with Crippen molar-refractivity contribution in [1.82, 2.24) is 0 Å². The number of nitrogens with two attached hydrogens (primary N) is 1. The van der Waals surface area contributed by atoms with E-state index in [-0.39, 0.29) is 11.7 Å². The van der Waals surface area contributed by atoms with E-state index in [1.54, 1.807) is 24.3 Å². The maximum atomic E-state index is 12.0. The van der Waals surface area contributed by atoms with Crippen LogP contribution in [-0.2, 0) is 0 Å². The van der Waals surface area contributed by atoms with E-state index in [9.17, 15) is 4.79 Å². The first kappa shape index (κ1) is 13.1. The second-order valence-corrected chi connectivity index (χ2v) is 4.86. The number of aryl methyl sites for hydroxylation is 1. The van der Waals surface area contributed by atoms with Gasteiger partial charge in [0.05, 0.1) is 10.6 Å². The molecule has 2 aromatic rings. The van der Waals surface area contributed by atoms with Crippen LogP contribution in [-0.4, -0.2) is 17.0 Å². The van der Waals surface area contributed by atoms with Crippen molar-refractivity contribution in [1.29, 1.82) is 0 Å². The van der Waals surface area contributed by atoms with Gasteiger partial charge in [-0.2, -0.15) is 0 Å². The molecule has 1 aromatic heterocycles. The number of oxime groups is 1. The van der Waals surface area contributed by atoms with Gasteiger partial charge in [-0.3, -0.25) is 4.79 Å². The lowest BCUT2D eigenvalue weighted by molar-refractivity contribution is 0.103. The van der Waals surface area contributed by atoms with Gasteiger partial charge in [-0.15, -0.1) is 11.3 Å². The van der Waals surface area contributed by atoms with E-state index in [4.69, 9.17) is 10.9 Å². The largest absolute Gasteiger partial charge is 0.409 e. The zero-order valence-corrected chi connectivity index (χ0v) is 11.1. The quantitative estimate of drug-likeness (QED) is 0.348. The fourth-order valence-corrected chi connectivity index (χ4v) is 2.37. The fraction of sp³-hybridized carbons (Fsp3) is 0.0769. The number of carbonyl (C=O) groups excluding carboxylic acids is 1. The van der Waals surface area contributed by atoms with Gasteiger partial charge in [0.15, 0.2) is 5.84 Å². The smallest absolute Gasteiger partial charge is 0.265 e. The molecule has 0 saturated heterocycles. The molecule has 0 unspecified atom stereocenters. The topological polar surface area (TPSA) is 87.7 Å². The molecule has 5 nitrogen and oxygen atoms in total. The molecule has 1 aromatic carbocycles. The van der Waals surface area contributed by atoms with Gasteiger partial charge in [-0.1, -0.05) is 23.4 Å². The minimum Gasteiger partial charge on any atom is -0.409 e. The molecule has 0 radical (unpaired) electrons. The van der Waals surface area contributed by atoms with Crippen LogP contribution in [0.15, 0.2) is 40.9 Å². The monoisotopic (exact) mass is 275 g/mol. The van der Waals surface area contributed by atoms with Gasteiger partial charge in [-0.25, -0.2) is 0 Å². The summed E-state index contributed by atoms with van der Waals surface area (Å²) in [5, 5.41) is 16.4. The third-order valence-electron chi connectivity index (χ3n) is 2.63. The molecule has 0 aliphatic carbocycles. The zero-order chi connectivity index (χ0) is 13.8. The standard InChI is InChI=1S/C13H13N3O2S/c1-8-4-2-5-9(11(8)12(14)16-18)15-13(17)10-6-3-7-19-10/h2-7,18H,1H3,(H2,14,16)(H,15,17).